The number of allylic oxidation sites excluding steroid dienone is 2. The molecule has 4 atom stereocenters. The van der Waals surface area contributed by atoms with Crippen LogP contribution in [0.25, 0.3) is 0 Å². The lowest BCUT2D eigenvalue weighted by Crippen LogP contribution is -2.21. The van der Waals surface area contributed by atoms with E-state index >= 15 is 0 Å². The standard InChI is InChI=1S/C10H16O/c1-2-9-7-3-4-8(5-7)10(9)6-11/h3-4,7-11H,2,5-6H2,1H3/t7-,8+,9+,10-/m1/s1. The maximum Gasteiger partial charge on any atom is 0.0467 e. The van der Waals surface area contributed by atoms with Crippen LogP contribution in [0.1, 0.15) is 19.8 Å². The van der Waals surface area contributed by atoms with E-state index in [1.807, 2.05) is 0 Å². The lowest BCUT2D eigenvalue weighted by atomic mass is 9.82. The van der Waals surface area contributed by atoms with Crippen LogP contribution < -0.4 is 0 Å². The number of hydrogen-bond acceptors (Lipinski definition) is 1. The van der Waals surface area contributed by atoms with Crippen LogP contribution in [-0.2, 0) is 0 Å². The second-order valence-electron chi connectivity index (χ2n) is 3.87. The van der Waals surface area contributed by atoms with Crippen molar-refractivity contribution in [2.24, 2.45) is 23.7 Å². The van der Waals surface area contributed by atoms with E-state index < -0.39 is 0 Å². The summed E-state index contributed by atoms with van der Waals surface area (Å²) >= 11 is 0. The van der Waals surface area contributed by atoms with E-state index in [1.165, 1.54) is 12.8 Å². The quantitative estimate of drug-likeness (QED) is 0.598. The fourth-order valence-corrected chi connectivity index (χ4v) is 2.90. The molecule has 2 bridgehead atoms. The van der Waals surface area contributed by atoms with E-state index in [-0.39, 0.29) is 0 Å². The smallest absolute Gasteiger partial charge is 0.0467 e. The number of fused-ring (bicyclic) bond motifs is 2. The molecule has 0 unspecified atom stereocenters. The maximum absolute atomic E-state index is 9.16. The molecule has 1 N–H and O–H groups in total. The summed E-state index contributed by atoms with van der Waals surface area (Å²) in [5, 5.41) is 9.16. The summed E-state index contributed by atoms with van der Waals surface area (Å²) in [5.41, 5.74) is 0. The first kappa shape index (κ1) is 7.35. The van der Waals surface area contributed by atoms with Crippen molar-refractivity contribution < 1.29 is 5.11 Å². The first-order chi connectivity index (χ1) is 5.36. The van der Waals surface area contributed by atoms with Gasteiger partial charge in [0.15, 0.2) is 0 Å². The van der Waals surface area contributed by atoms with Crippen LogP contribution in [0.15, 0.2) is 12.2 Å². The van der Waals surface area contributed by atoms with Crippen molar-refractivity contribution in [2.75, 3.05) is 6.61 Å². The Balaban J connectivity index is 2.15. The zero-order chi connectivity index (χ0) is 7.84. The van der Waals surface area contributed by atoms with E-state index in [2.05, 4.69) is 19.1 Å². The Hall–Kier alpha value is -0.300. The second-order valence-corrected chi connectivity index (χ2v) is 3.87. The molecule has 0 aliphatic heterocycles. The Bertz CT molecular complexity index is 156. The molecule has 0 spiro atoms. The molecule has 0 aromatic heterocycles. The fraction of sp³-hybridized carbons (Fsp3) is 0.800. The van der Waals surface area contributed by atoms with Crippen LogP contribution in [0.3, 0.4) is 0 Å². The summed E-state index contributed by atoms with van der Waals surface area (Å²) in [6.07, 6.45) is 7.20. The molecular formula is C10H16O. The van der Waals surface area contributed by atoms with Crippen LogP contribution >= 0.6 is 0 Å². The third kappa shape index (κ3) is 0.943. The number of rotatable bonds is 2. The van der Waals surface area contributed by atoms with Gasteiger partial charge in [0.25, 0.3) is 0 Å². The first-order valence-electron chi connectivity index (χ1n) is 4.66. The van der Waals surface area contributed by atoms with E-state index in [0.717, 1.165) is 11.8 Å². The Morgan fingerprint density at radius 2 is 1.91 bits per heavy atom. The van der Waals surface area contributed by atoms with Crippen LogP contribution in [0.2, 0.25) is 0 Å². The molecule has 1 fully saturated rings. The monoisotopic (exact) mass is 152 g/mol. The van der Waals surface area contributed by atoms with Crippen molar-refractivity contribution in [1.82, 2.24) is 0 Å². The predicted molar refractivity (Wildman–Crippen MR) is 45.1 cm³/mol. The molecule has 0 radical (unpaired) electrons. The van der Waals surface area contributed by atoms with Gasteiger partial charge in [-0.05, 0) is 30.1 Å². The Morgan fingerprint density at radius 3 is 2.36 bits per heavy atom. The molecule has 0 aromatic carbocycles. The zero-order valence-electron chi connectivity index (χ0n) is 7.03. The molecule has 2 aliphatic rings. The molecule has 62 valence electrons. The molecular weight excluding hydrogens is 136 g/mol. The third-order valence-electron chi connectivity index (χ3n) is 3.48. The summed E-state index contributed by atoms with van der Waals surface area (Å²) in [4.78, 5) is 0. The summed E-state index contributed by atoms with van der Waals surface area (Å²) in [5.74, 6) is 2.85. The highest BCUT2D eigenvalue weighted by molar-refractivity contribution is 5.13. The highest BCUT2D eigenvalue weighted by Crippen LogP contribution is 2.48. The Morgan fingerprint density at radius 1 is 1.27 bits per heavy atom. The lowest BCUT2D eigenvalue weighted by molar-refractivity contribution is 0.161. The minimum absolute atomic E-state index is 0.393. The van der Waals surface area contributed by atoms with E-state index in [9.17, 15) is 0 Å². The predicted octanol–water partition coefficient (Wildman–Crippen LogP) is 1.83. The van der Waals surface area contributed by atoms with Gasteiger partial charge in [-0.2, -0.15) is 0 Å². The van der Waals surface area contributed by atoms with Crippen molar-refractivity contribution >= 4 is 0 Å². The van der Waals surface area contributed by atoms with Gasteiger partial charge in [0.2, 0.25) is 0 Å². The van der Waals surface area contributed by atoms with E-state index in [1.54, 1.807) is 0 Å². The minimum atomic E-state index is 0.393. The van der Waals surface area contributed by atoms with Gasteiger partial charge < -0.3 is 5.11 Å². The second kappa shape index (κ2) is 2.63. The molecule has 0 saturated heterocycles. The number of aliphatic hydroxyl groups is 1. The lowest BCUT2D eigenvalue weighted by Gasteiger charge is -2.24. The topological polar surface area (TPSA) is 20.2 Å². The largest absolute Gasteiger partial charge is 0.396 e. The van der Waals surface area contributed by atoms with Crippen LogP contribution in [0.4, 0.5) is 0 Å². The molecule has 0 heterocycles. The highest BCUT2D eigenvalue weighted by Gasteiger charge is 2.42. The zero-order valence-corrected chi connectivity index (χ0v) is 7.03. The minimum Gasteiger partial charge on any atom is -0.396 e. The first-order valence-corrected chi connectivity index (χ1v) is 4.66. The van der Waals surface area contributed by atoms with Gasteiger partial charge in [0, 0.05) is 6.61 Å². The highest BCUT2D eigenvalue weighted by atomic mass is 16.3. The van der Waals surface area contributed by atoms with E-state index in [0.29, 0.717) is 18.4 Å². The van der Waals surface area contributed by atoms with Gasteiger partial charge in [-0.1, -0.05) is 25.5 Å². The molecule has 0 amide bonds. The SMILES string of the molecule is CC[C@@H]1[C@H](CO)[C@H]2C=C[C@@H]1C2. The van der Waals surface area contributed by atoms with Crippen molar-refractivity contribution in [1.29, 1.82) is 0 Å². The van der Waals surface area contributed by atoms with Crippen LogP contribution in [-0.4, -0.2) is 11.7 Å². The molecule has 11 heavy (non-hydrogen) atoms. The summed E-state index contributed by atoms with van der Waals surface area (Å²) in [6, 6.07) is 0. The average molecular weight is 152 g/mol. The maximum atomic E-state index is 9.16. The molecule has 2 rings (SSSR count). The number of hydrogen-bond donors (Lipinski definition) is 1. The van der Waals surface area contributed by atoms with Crippen molar-refractivity contribution in [2.45, 2.75) is 19.8 Å². The van der Waals surface area contributed by atoms with Gasteiger partial charge in [-0.25, -0.2) is 0 Å². The van der Waals surface area contributed by atoms with Crippen molar-refractivity contribution in [3.63, 3.8) is 0 Å². The van der Waals surface area contributed by atoms with Gasteiger partial charge >= 0.3 is 0 Å². The normalized spacial score (nSPS) is 47.1. The van der Waals surface area contributed by atoms with Crippen LogP contribution in [0, 0.1) is 23.7 Å². The fourth-order valence-electron chi connectivity index (χ4n) is 2.90. The summed E-state index contributed by atoms with van der Waals surface area (Å²) in [7, 11) is 0. The molecule has 1 heteroatoms. The molecule has 1 nitrogen and oxygen atoms in total. The van der Waals surface area contributed by atoms with Gasteiger partial charge in [-0.15, -0.1) is 0 Å². The summed E-state index contributed by atoms with van der Waals surface area (Å²) in [6.45, 7) is 2.63. The Kier molecular flexibility index (Phi) is 1.76. The van der Waals surface area contributed by atoms with Crippen molar-refractivity contribution in [3.05, 3.63) is 12.2 Å². The van der Waals surface area contributed by atoms with Crippen molar-refractivity contribution in [3.8, 4) is 0 Å². The van der Waals surface area contributed by atoms with Crippen LogP contribution in [0.5, 0.6) is 0 Å². The average Bonchev–Trinajstić information content (AvgIpc) is 2.60. The van der Waals surface area contributed by atoms with Gasteiger partial charge in [0.1, 0.15) is 0 Å². The number of aliphatic hydroxyl groups excluding tert-OH is 1. The van der Waals surface area contributed by atoms with Gasteiger partial charge in [-0.3, -0.25) is 0 Å². The van der Waals surface area contributed by atoms with Gasteiger partial charge in [0.05, 0.1) is 0 Å². The van der Waals surface area contributed by atoms with E-state index in [4.69, 9.17) is 5.11 Å². The summed E-state index contributed by atoms with van der Waals surface area (Å²) < 4.78 is 0. The molecule has 2 aliphatic carbocycles. The molecule has 0 aromatic rings. The molecule has 1 saturated carbocycles. The third-order valence-corrected chi connectivity index (χ3v) is 3.48. The Labute approximate surface area is 68.1 Å².